The lowest BCUT2D eigenvalue weighted by Crippen LogP contribution is -2.37. The second-order valence-electron chi connectivity index (χ2n) is 13.3. The van der Waals surface area contributed by atoms with Crippen molar-refractivity contribution in [3.05, 3.63) is 111 Å². The molecule has 4 aromatic rings. The summed E-state index contributed by atoms with van der Waals surface area (Å²) in [5, 5.41) is 9.41. The molecule has 1 saturated heterocycles. The number of halogens is 1. The van der Waals surface area contributed by atoms with E-state index in [1.54, 1.807) is 4.31 Å². The number of nitrogens with zero attached hydrogens (tertiary/aromatic N) is 4. The minimum absolute atomic E-state index is 0.311. The molecule has 1 aliphatic carbocycles. The second kappa shape index (κ2) is 15.2. The lowest BCUT2D eigenvalue weighted by atomic mass is 9.87. The SMILES string of the molecule is CS(=O)(=O)N1CCc2c(c(-c3ccc(Cl)c(C#Cc4ccc(CN[C@@H]5CCCc6ccccc65)cc4)c3)nn2CCCN2CCOCC2)C1. The molecule has 1 fully saturated rings. The van der Waals surface area contributed by atoms with Crippen LogP contribution >= 0.6 is 11.6 Å². The number of benzene rings is 3. The van der Waals surface area contributed by atoms with E-state index >= 15 is 0 Å². The Morgan fingerprint density at radius 1 is 0.980 bits per heavy atom. The van der Waals surface area contributed by atoms with Crippen LogP contribution in [0.5, 0.6) is 0 Å². The Hall–Kier alpha value is -3.49. The average molecular weight is 698 g/mol. The average Bonchev–Trinajstić information content (AvgIpc) is 3.48. The van der Waals surface area contributed by atoms with Crippen molar-refractivity contribution in [2.45, 2.75) is 57.8 Å². The van der Waals surface area contributed by atoms with Gasteiger partial charge in [0, 0.05) is 86.2 Å². The number of fused-ring (bicyclic) bond motifs is 2. The first-order chi connectivity index (χ1) is 23.8. The molecule has 0 radical (unpaired) electrons. The third-order valence-electron chi connectivity index (χ3n) is 9.97. The first-order valence-electron chi connectivity index (χ1n) is 17.4. The normalized spacial score (nSPS) is 18.4. The summed E-state index contributed by atoms with van der Waals surface area (Å²) in [6.45, 7) is 6.81. The van der Waals surface area contributed by atoms with Crippen LogP contribution in [0.2, 0.25) is 5.02 Å². The van der Waals surface area contributed by atoms with Crippen LogP contribution in [0.1, 0.15) is 64.4 Å². The van der Waals surface area contributed by atoms with E-state index in [1.807, 2.05) is 18.2 Å². The Morgan fingerprint density at radius 2 is 1.80 bits per heavy atom. The Balaban J connectivity index is 1.07. The van der Waals surface area contributed by atoms with Crippen LogP contribution in [0.25, 0.3) is 11.3 Å². The molecule has 10 heteroatoms. The molecule has 3 aromatic carbocycles. The van der Waals surface area contributed by atoms with E-state index in [9.17, 15) is 8.42 Å². The minimum Gasteiger partial charge on any atom is -0.379 e. The first-order valence-corrected chi connectivity index (χ1v) is 19.6. The fourth-order valence-corrected chi connectivity index (χ4v) is 8.21. The monoisotopic (exact) mass is 697 g/mol. The molecule has 8 nitrogen and oxygen atoms in total. The Morgan fingerprint density at radius 3 is 2.61 bits per heavy atom. The molecule has 0 unspecified atom stereocenters. The number of sulfonamides is 1. The standard InChI is InChI=1S/C39H44ClN5O3S/c1-49(46,47)44-21-18-38-35(28-44)39(42-45(38)20-5-19-43-22-24-48-25-23-43)33-16-17-36(40)32(26-33)15-14-29-10-12-30(13-11-29)27-41-37-9-4-7-31-6-2-3-8-34(31)37/h2-3,6,8,10-13,16-17,26,37,41H,4-5,7,9,18-25,27-28H2,1H3/t37-/m1/s1. The van der Waals surface area contributed by atoms with Crippen LogP contribution in [0, 0.1) is 11.8 Å². The number of rotatable bonds is 9. The number of aryl methyl sites for hydroxylation is 2. The molecule has 49 heavy (non-hydrogen) atoms. The van der Waals surface area contributed by atoms with Crippen LogP contribution in [-0.4, -0.2) is 73.1 Å². The van der Waals surface area contributed by atoms with E-state index in [4.69, 9.17) is 21.4 Å². The fourth-order valence-electron chi connectivity index (χ4n) is 7.26. The summed E-state index contributed by atoms with van der Waals surface area (Å²) in [6.07, 6.45) is 6.41. The molecule has 7 rings (SSSR count). The van der Waals surface area contributed by atoms with E-state index in [1.165, 1.54) is 29.4 Å². The predicted octanol–water partition coefficient (Wildman–Crippen LogP) is 5.81. The van der Waals surface area contributed by atoms with Crippen LogP contribution in [0.15, 0.2) is 66.7 Å². The van der Waals surface area contributed by atoms with Gasteiger partial charge < -0.3 is 10.1 Å². The van der Waals surface area contributed by atoms with Gasteiger partial charge in [-0.1, -0.05) is 65.9 Å². The smallest absolute Gasteiger partial charge is 0.211 e. The van der Waals surface area contributed by atoms with Crippen molar-refractivity contribution in [2.75, 3.05) is 45.6 Å². The van der Waals surface area contributed by atoms with Gasteiger partial charge in [0.2, 0.25) is 10.0 Å². The van der Waals surface area contributed by atoms with Crippen molar-refractivity contribution in [1.82, 2.24) is 24.3 Å². The number of ether oxygens (including phenoxy) is 1. The predicted molar refractivity (Wildman–Crippen MR) is 195 cm³/mol. The third-order valence-corrected chi connectivity index (χ3v) is 11.6. The summed E-state index contributed by atoms with van der Waals surface area (Å²) >= 11 is 6.66. The van der Waals surface area contributed by atoms with Gasteiger partial charge in [0.05, 0.1) is 30.2 Å². The van der Waals surface area contributed by atoms with Gasteiger partial charge in [0.15, 0.2) is 0 Å². The topological polar surface area (TPSA) is 79.7 Å². The van der Waals surface area contributed by atoms with Crippen molar-refractivity contribution in [3.63, 3.8) is 0 Å². The zero-order valence-corrected chi connectivity index (χ0v) is 29.7. The number of nitrogens with one attached hydrogen (secondary N) is 1. The van der Waals surface area contributed by atoms with Gasteiger partial charge in [0.25, 0.3) is 0 Å². The summed E-state index contributed by atoms with van der Waals surface area (Å²) in [7, 11) is -3.34. The summed E-state index contributed by atoms with van der Waals surface area (Å²) in [5.41, 5.74) is 9.51. The molecule has 1 aromatic heterocycles. The van der Waals surface area contributed by atoms with Crippen molar-refractivity contribution in [3.8, 4) is 23.1 Å². The van der Waals surface area contributed by atoms with Crippen LogP contribution in [0.4, 0.5) is 0 Å². The zero-order valence-electron chi connectivity index (χ0n) is 28.1. The first kappa shape index (κ1) is 34.0. The molecule has 3 aliphatic rings. The summed E-state index contributed by atoms with van der Waals surface area (Å²) in [4.78, 5) is 2.43. The molecule has 1 atom stereocenters. The number of morpholine rings is 1. The number of hydrogen-bond acceptors (Lipinski definition) is 6. The molecular formula is C39H44ClN5O3S. The lowest BCUT2D eigenvalue weighted by Gasteiger charge is -2.27. The van der Waals surface area contributed by atoms with Crippen LogP contribution in [-0.2, 0) is 47.2 Å². The van der Waals surface area contributed by atoms with Crippen LogP contribution < -0.4 is 5.32 Å². The van der Waals surface area contributed by atoms with Crippen molar-refractivity contribution in [2.24, 2.45) is 0 Å². The zero-order chi connectivity index (χ0) is 33.8. The molecule has 256 valence electrons. The van der Waals surface area contributed by atoms with E-state index < -0.39 is 10.0 Å². The highest BCUT2D eigenvalue weighted by Gasteiger charge is 2.30. The van der Waals surface area contributed by atoms with Gasteiger partial charge in [-0.25, -0.2) is 8.42 Å². The van der Waals surface area contributed by atoms with Gasteiger partial charge in [-0.2, -0.15) is 9.40 Å². The molecule has 0 saturated carbocycles. The van der Waals surface area contributed by atoms with Crippen LogP contribution in [0.3, 0.4) is 0 Å². The minimum atomic E-state index is -3.34. The Bertz CT molecular complexity index is 1960. The van der Waals surface area contributed by atoms with Crippen molar-refractivity contribution in [1.29, 1.82) is 0 Å². The number of hydrogen-bond donors (Lipinski definition) is 1. The Labute approximate surface area is 295 Å². The van der Waals surface area contributed by atoms with Gasteiger partial charge in [0.1, 0.15) is 0 Å². The summed E-state index contributed by atoms with van der Waals surface area (Å²) in [6, 6.07) is 23.4. The highest BCUT2D eigenvalue weighted by Crippen LogP contribution is 2.33. The molecule has 2 aliphatic heterocycles. The molecule has 0 amide bonds. The van der Waals surface area contributed by atoms with Gasteiger partial charge in [-0.15, -0.1) is 0 Å². The fraction of sp³-hybridized carbons (Fsp3) is 0.410. The highest BCUT2D eigenvalue weighted by molar-refractivity contribution is 7.88. The molecule has 0 bridgehead atoms. The largest absolute Gasteiger partial charge is 0.379 e. The van der Waals surface area contributed by atoms with E-state index in [0.29, 0.717) is 36.1 Å². The van der Waals surface area contributed by atoms with Crippen molar-refractivity contribution < 1.29 is 13.2 Å². The van der Waals surface area contributed by atoms with Gasteiger partial charge in [-0.05, 0) is 66.6 Å². The maximum atomic E-state index is 12.5. The van der Waals surface area contributed by atoms with E-state index in [2.05, 4.69) is 75.3 Å². The molecule has 0 spiro atoms. The quantitative estimate of drug-likeness (QED) is 0.223. The third kappa shape index (κ3) is 8.12. The van der Waals surface area contributed by atoms with Crippen molar-refractivity contribution >= 4 is 21.6 Å². The summed E-state index contributed by atoms with van der Waals surface area (Å²) in [5.74, 6) is 6.59. The second-order valence-corrected chi connectivity index (χ2v) is 15.7. The van der Waals surface area contributed by atoms with Gasteiger partial charge in [-0.3, -0.25) is 9.58 Å². The summed E-state index contributed by atoms with van der Waals surface area (Å²) < 4.78 is 34.2. The maximum absolute atomic E-state index is 12.5. The molecule has 3 heterocycles. The van der Waals surface area contributed by atoms with Gasteiger partial charge >= 0.3 is 0 Å². The van der Waals surface area contributed by atoms with E-state index in [0.717, 1.165) is 93.3 Å². The van der Waals surface area contributed by atoms with E-state index in [-0.39, 0.29) is 0 Å². The highest BCUT2D eigenvalue weighted by atomic mass is 35.5. The Kier molecular flexibility index (Phi) is 10.5. The number of aromatic nitrogens is 2. The molecule has 1 N–H and O–H groups in total. The lowest BCUT2D eigenvalue weighted by molar-refractivity contribution is 0.0368. The maximum Gasteiger partial charge on any atom is 0.211 e. The molecular weight excluding hydrogens is 654 g/mol.